The van der Waals surface area contributed by atoms with Crippen molar-refractivity contribution < 1.29 is 14.3 Å². The van der Waals surface area contributed by atoms with E-state index < -0.39 is 11.9 Å². The zero-order valence-electron chi connectivity index (χ0n) is 11.4. The monoisotopic (exact) mass is 261 g/mol. The third-order valence-corrected chi connectivity index (χ3v) is 3.63. The lowest BCUT2D eigenvalue weighted by Gasteiger charge is -2.30. The zero-order chi connectivity index (χ0) is 13.8. The molecular weight excluding hydrogens is 242 g/mol. The smallest absolute Gasteiger partial charge is 0.318 e. The molecule has 19 heavy (non-hydrogen) atoms. The van der Waals surface area contributed by atoms with Gasteiger partial charge in [-0.25, -0.2) is 0 Å². The van der Waals surface area contributed by atoms with Crippen LogP contribution in [0.5, 0.6) is 0 Å². The highest BCUT2D eigenvalue weighted by molar-refractivity contribution is 5.97. The minimum Gasteiger partial charge on any atom is -0.468 e. The molecule has 0 aliphatic carbocycles. The number of methoxy groups -OCH3 is 1. The zero-order valence-corrected chi connectivity index (χ0v) is 11.4. The van der Waals surface area contributed by atoms with E-state index in [1.54, 1.807) is 4.90 Å². The molecule has 0 bridgehead atoms. The molecule has 1 aromatic carbocycles. The lowest BCUT2D eigenvalue weighted by molar-refractivity contribution is -0.154. The van der Waals surface area contributed by atoms with Gasteiger partial charge in [0, 0.05) is 13.1 Å². The van der Waals surface area contributed by atoms with Crippen molar-refractivity contribution in [2.75, 3.05) is 13.7 Å². The number of nitrogens with zero attached hydrogens (tertiary/aromatic N) is 1. The Bertz CT molecular complexity index is 484. The summed E-state index contributed by atoms with van der Waals surface area (Å²) >= 11 is 0. The normalized spacial score (nSPS) is 15.6. The van der Waals surface area contributed by atoms with E-state index in [0.29, 0.717) is 19.5 Å². The van der Waals surface area contributed by atoms with E-state index in [0.717, 1.165) is 6.42 Å². The summed E-state index contributed by atoms with van der Waals surface area (Å²) in [7, 11) is 1.32. The number of rotatable bonds is 3. The van der Waals surface area contributed by atoms with Crippen LogP contribution in [0.15, 0.2) is 24.3 Å². The second-order valence-electron chi connectivity index (χ2n) is 4.76. The Morgan fingerprint density at radius 2 is 2.00 bits per heavy atom. The number of esters is 1. The van der Waals surface area contributed by atoms with Crippen molar-refractivity contribution in [2.45, 2.75) is 26.3 Å². The fraction of sp³-hybridized carbons (Fsp3) is 0.467. The Kier molecular flexibility index (Phi) is 4.20. The molecule has 1 aliphatic heterocycles. The van der Waals surface area contributed by atoms with E-state index in [1.165, 1.54) is 18.2 Å². The van der Waals surface area contributed by atoms with Gasteiger partial charge in [0.1, 0.15) is 5.92 Å². The average molecular weight is 261 g/mol. The molecule has 1 unspecified atom stereocenters. The predicted molar refractivity (Wildman–Crippen MR) is 71.4 cm³/mol. The second-order valence-corrected chi connectivity index (χ2v) is 4.76. The average Bonchev–Trinajstić information content (AvgIpc) is 2.47. The van der Waals surface area contributed by atoms with Crippen LogP contribution in [-0.4, -0.2) is 30.4 Å². The van der Waals surface area contributed by atoms with E-state index in [-0.39, 0.29) is 5.91 Å². The number of fused-ring (bicyclic) bond motifs is 1. The first-order valence-corrected chi connectivity index (χ1v) is 6.60. The summed E-state index contributed by atoms with van der Waals surface area (Å²) < 4.78 is 4.70. The lowest BCUT2D eigenvalue weighted by atomic mass is 9.97. The SMILES string of the molecule is CCC(C(=O)OC)C(=O)N1CCc2ccccc2C1. The van der Waals surface area contributed by atoms with E-state index in [2.05, 4.69) is 6.07 Å². The largest absolute Gasteiger partial charge is 0.468 e. The van der Waals surface area contributed by atoms with Gasteiger partial charge < -0.3 is 9.64 Å². The molecule has 4 heteroatoms. The van der Waals surface area contributed by atoms with E-state index in [1.807, 2.05) is 25.1 Å². The summed E-state index contributed by atoms with van der Waals surface area (Å²) in [6.45, 7) is 3.09. The molecule has 4 nitrogen and oxygen atoms in total. The Hall–Kier alpha value is -1.84. The number of ether oxygens (including phenoxy) is 1. The molecule has 1 aliphatic rings. The molecule has 1 amide bonds. The topological polar surface area (TPSA) is 46.6 Å². The molecule has 0 N–H and O–H groups in total. The van der Waals surface area contributed by atoms with Gasteiger partial charge in [-0.05, 0) is 24.0 Å². The highest BCUT2D eigenvalue weighted by Gasteiger charge is 2.31. The van der Waals surface area contributed by atoms with E-state index >= 15 is 0 Å². The molecule has 2 rings (SSSR count). The first-order valence-electron chi connectivity index (χ1n) is 6.60. The maximum absolute atomic E-state index is 12.4. The van der Waals surface area contributed by atoms with E-state index in [9.17, 15) is 9.59 Å². The Morgan fingerprint density at radius 3 is 2.63 bits per heavy atom. The number of carbonyl (C=O) groups excluding carboxylic acids is 2. The van der Waals surface area contributed by atoms with Crippen molar-refractivity contribution in [1.82, 2.24) is 4.90 Å². The van der Waals surface area contributed by atoms with Crippen LogP contribution in [0, 0.1) is 5.92 Å². The molecule has 0 saturated carbocycles. The molecule has 1 atom stereocenters. The van der Waals surface area contributed by atoms with Crippen LogP contribution in [0.2, 0.25) is 0 Å². The Morgan fingerprint density at radius 1 is 1.32 bits per heavy atom. The van der Waals surface area contributed by atoms with Crippen molar-refractivity contribution in [3.05, 3.63) is 35.4 Å². The summed E-state index contributed by atoms with van der Waals surface area (Å²) in [5, 5.41) is 0. The van der Waals surface area contributed by atoms with Crippen LogP contribution < -0.4 is 0 Å². The lowest BCUT2D eigenvalue weighted by Crippen LogP contribution is -2.42. The highest BCUT2D eigenvalue weighted by atomic mass is 16.5. The third kappa shape index (κ3) is 2.78. The standard InChI is InChI=1S/C15H19NO3/c1-3-13(15(18)19-2)14(17)16-9-8-11-6-4-5-7-12(11)10-16/h4-7,13H,3,8-10H2,1-2H3. The molecular formula is C15H19NO3. The number of benzene rings is 1. The highest BCUT2D eigenvalue weighted by Crippen LogP contribution is 2.21. The number of hydrogen-bond acceptors (Lipinski definition) is 3. The molecule has 0 aromatic heterocycles. The predicted octanol–water partition coefficient (Wildman–Crippen LogP) is 1.77. The molecule has 0 saturated heterocycles. The fourth-order valence-corrected chi connectivity index (χ4v) is 2.49. The number of hydrogen-bond donors (Lipinski definition) is 0. The molecule has 0 fully saturated rings. The maximum atomic E-state index is 12.4. The van der Waals surface area contributed by atoms with Gasteiger partial charge >= 0.3 is 5.97 Å². The van der Waals surface area contributed by atoms with Gasteiger partial charge in [0.25, 0.3) is 0 Å². The summed E-state index contributed by atoms with van der Waals surface area (Å²) in [6.07, 6.45) is 1.32. The molecule has 0 radical (unpaired) electrons. The van der Waals surface area contributed by atoms with Crippen LogP contribution in [0.3, 0.4) is 0 Å². The Balaban J connectivity index is 2.12. The van der Waals surface area contributed by atoms with Gasteiger partial charge in [0.15, 0.2) is 0 Å². The van der Waals surface area contributed by atoms with E-state index in [4.69, 9.17) is 4.74 Å². The summed E-state index contributed by atoms with van der Waals surface area (Å²) in [5.41, 5.74) is 2.46. The first kappa shape index (κ1) is 13.6. The molecule has 1 heterocycles. The summed E-state index contributed by atoms with van der Waals surface area (Å²) in [4.78, 5) is 25.7. The maximum Gasteiger partial charge on any atom is 0.318 e. The Labute approximate surface area is 113 Å². The van der Waals surface area contributed by atoms with Crippen LogP contribution in [0.1, 0.15) is 24.5 Å². The van der Waals surface area contributed by atoms with Crippen LogP contribution in [-0.2, 0) is 27.3 Å². The van der Waals surface area contributed by atoms with Gasteiger partial charge in [-0.15, -0.1) is 0 Å². The van der Waals surface area contributed by atoms with Crippen molar-refractivity contribution in [2.24, 2.45) is 5.92 Å². The van der Waals surface area contributed by atoms with Crippen molar-refractivity contribution in [3.63, 3.8) is 0 Å². The molecule has 0 spiro atoms. The van der Waals surface area contributed by atoms with Gasteiger partial charge in [0.05, 0.1) is 7.11 Å². The number of amides is 1. The second kappa shape index (κ2) is 5.87. The number of carbonyl (C=O) groups is 2. The van der Waals surface area contributed by atoms with Gasteiger partial charge in [-0.1, -0.05) is 31.2 Å². The first-order chi connectivity index (χ1) is 9.17. The fourth-order valence-electron chi connectivity index (χ4n) is 2.49. The van der Waals surface area contributed by atoms with Gasteiger partial charge in [-0.3, -0.25) is 9.59 Å². The minimum atomic E-state index is -0.671. The van der Waals surface area contributed by atoms with Crippen LogP contribution >= 0.6 is 0 Å². The molecule has 102 valence electrons. The van der Waals surface area contributed by atoms with Gasteiger partial charge in [0.2, 0.25) is 5.91 Å². The van der Waals surface area contributed by atoms with Gasteiger partial charge in [-0.2, -0.15) is 0 Å². The summed E-state index contributed by atoms with van der Waals surface area (Å²) in [6, 6.07) is 8.12. The van der Waals surface area contributed by atoms with Crippen molar-refractivity contribution in [1.29, 1.82) is 0 Å². The third-order valence-electron chi connectivity index (χ3n) is 3.63. The van der Waals surface area contributed by atoms with Crippen LogP contribution in [0.25, 0.3) is 0 Å². The minimum absolute atomic E-state index is 0.121. The van der Waals surface area contributed by atoms with Crippen LogP contribution in [0.4, 0.5) is 0 Å². The van der Waals surface area contributed by atoms with Crippen molar-refractivity contribution >= 4 is 11.9 Å². The summed E-state index contributed by atoms with van der Waals surface area (Å²) in [5.74, 6) is -1.23. The quantitative estimate of drug-likeness (QED) is 0.615. The molecule has 1 aromatic rings. The van der Waals surface area contributed by atoms with Crippen molar-refractivity contribution in [3.8, 4) is 0 Å².